The standard InChI is InChI=1S/C13H17BrN4O/c1-9(10-2-6-19-7-3-10)16-12-13-15-4-5-18(13)8-11(14)17-12/h4-5,8-10H,2-3,6-7H2,1H3,(H,16,17). The van der Waals surface area contributed by atoms with Crippen molar-refractivity contribution in [1.29, 1.82) is 0 Å². The number of aromatic nitrogens is 3. The van der Waals surface area contributed by atoms with E-state index in [2.05, 4.69) is 38.1 Å². The fourth-order valence-electron chi connectivity index (χ4n) is 2.55. The van der Waals surface area contributed by atoms with Crippen molar-refractivity contribution >= 4 is 27.4 Å². The van der Waals surface area contributed by atoms with Crippen LogP contribution >= 0.6 is 15.9 Å². The molecule has 1 atom stereocenters. The Morgan fingerprint density at radius 3 is 3.05 bits per heavy atom. The van der Waals surface area contributed by atoms with E-state index >= 15 is 0 Å². The number of hydrogen-bond donors (Lipinski definition) is 1. The van der Waals surface area contributed by atoms with Crippen LogP contribution < -0.4 is 5.32 Å². The van der Waals surface area contributed by atoms with Crippen molar-refractivity contribution < 1.29 is 4.74 Å². The quantitative estimate of drug-likeness (QED) is 0.943. The lowest BCUT2D eigenvalue weighted by Gasteiger charge is -2.28. The number of halogens is 1. The molecule has 0 bridgehead atoms. The van der Waals surface area contributed by atoms with Crippen molar-refractivity contribution in [1.82, 2.24) is 14.4 Å². The Bertz CT molecular complexity index is 565. The average molecular weight is 325 g/mol. The van der Waals surface area contributed by atoms with Crippen LogP contribution in [0.5, 0.6) is 0 Å². The first-order chi connectivity index (χ1) is 9.24. The summed E-state index contributed by atoms with van der Waals surface area (Å²) in [7, 11) is 0. The molecule has 6 heteroatoms. The number of anilines is 1. The van der Waals surface area contributed by atoms with Gasteiger partial charge in [0.15, 0.2) is 11.5 Å². The van der Waals surface area contributed by atoms with E-state index in [4.69, 9.17) is 4.74 Å². The summed E-state index contributed by atoms with van der Waals surface area (Å²) in [5.74, 6) is 1.46. The Kier molecular flexibility index (Phi) is 3.70. The van der Waals surface area contributed by atoms with Gasteiger partial charge in [-0.2, -0.15) is 0 Å². The third kappa shape index (κ3) is 2.74. The molecular formula is C13H17BrN4O. The second-order valence-corrected chi connectivity index (χ2v) is 5.77. The molecule has 102 valence electrons. The summed E-state index contributed by atoms with van der Waals surface area (Å²) < 4.78 is 8.18. The highest BCUT2D eigenvalue weighted by Gasteiger charge is 2.21. The number of nitrogens with one attached hydrogen (secondary N) is 1. The molecule has 0 spiro atoms. The molecule has 0 saturated carbocycles. The molecule has 0 aliphatic carbocycles. The van der Waals surface area contributed by atoms with E-state index in [1.54, 1.807) is 6.20 Å². The summed E-state index contributed by atoms with van der Waals surface area (Å²) in [6.07, 6.45) is 7.83. The summed E-state index contributed by atoms with van der Waals surface area (Å²) in [5.41, 5.74) is 0.863. The predicted molar refractivity (Wildman–Crippen MR) is 77.3 cm³/mol. The number of imidazole rings is 1. The molecular weight excluding hydrogens is 308 g/mol. The molecule has 0 amide bonds. The van der Waals surface area contributed by atoms with Crippen molar-refractivity contribution in [3.8, 4) is 0 Å². The van der Waals surface area contributed by atoms with E-state index in [1.165, 1.54) is 0 Å². The zero-order valence-corrected chi connectivity index (χ0v) is 12.4. The van der Waals surface area contributed by atoms with Gasteiger partial charge < -0.3 is 14.5 Å². The van der Waals surface area contributed by atoms with Gasteiger partial charge in [-0.3, -0.25) is 0 Å². The van der Waals surface area contributed by atoms with Crippen molar-refractivity contribution in [3.63, 3.8) is 0 Å². The lowest BCUT2D eigenvalue weighted by molar-refractivity contribution is 0.0622. The number of ether oxygens (including phenoxy) is 1. The minimum absolute atomic E-state index is 0.367. The molecule has 1 fully saturated rings. The lowest BCUT2D eigenvalue weighted by Crippen LogP contribution is -2.31. The normalized spacial score (nSPS) is 18.6. The maximum absolute atomic E-state index is 5.41. The van der Waals surface area contributed by atoms with E-state index in [1.807, 2.05) is 16.8 Å². The zero-order chi connectivity index (χ0) is 13.2. The van der Waals surface area contributed by atoms with Crippen LogP contribution in [0.15, 0.2) is 23.2 Å². The van der Waals surface area contributed by atoms with Gasteiger partial charge in [0, 0.05) is 37.8 Å². The first-order valence-corrected chi connectivity index (χ1v) is 7.37. The average Bonchev–Trinajstić information content (AvgIpc) is 2.88. The Morgan fingerprint density at radius 1 is 1.47 bits per heavy atom. The van der Waals surface area contributed by atoms with Crippen LogP contribution in [0.4, 0.5) is 5.82 Å². The van der Waals surface area contributed by atoms with Crippen LogP contribution in [0, 0.1) is 5.92 Å². The summed E-state index contributed by atoms with van der Waals surface area (Å²) in [5, 5.41) is 3.50. The van der Waals surface area contributed by atoms with Gasteiger partial charge in [0.25, 0.3) is 0 Å². The first kappa shape index (κ1) is 12.9. The number of rotatable bonds is 3. The predicted octanol–water partition coefficient (Wildman–Crippen LogP) is 2.72. The fourth-order valence-corrected chi connectivity index (χ4v) is 2.95. The second kappa shape index (κ2) is 5.46. The van der Waals surface area contributed by atoms with Crippen LogP contribution in [0.2, 0.25) is 0 Å². The third-order valence-electron chi connectivity index (χ3n) is 3.68. The topological polar surface area (TPSA) is 51.5 Å². The number of hydrogen-bond acceptors (Lipinski definition) is 4. The highest BCUT2D eigenvalue weighted by molar-refractivity contribution is 9.10. The third-order valence-corrected chi connectivity index (χ3v) is 4.06. The molecule has 1 saturated heterocycles. The van der Waals surface area contributed by atoms with Crippen molar-refractivity contribution in [2.45, 2.75) is 25.8 Å². The Hall–Kier alpha value is -1.14. The van der Waals surface area contributed by atoms with Gasteiger partial charge in [0.05, 0.1) is 0 Å². The molecule has 1 unspecified atom stereocenters. The molecule has 2 aromatic heterocycles. The molecule has 3 heterocycles. The van der Waals surface area contributed by atoms with Gasteiger partial charge in [-0.15, -0.1) is 0 Å². The molecule has 1 aliphatic heterocycles. The summed E-state index contributed by atoms with van der Waals surface area (Å²) in [4.78, 5) is 8.85. The fraction of sp³-hybridized carbons (Fsp3) is 0.538. The Balaban J connectivity index is 1.82. The zero-order valence-electron chi connectivity index (χ0n) is 10.8. The van der Waals surface area contributed by atoms with Gasteiger partial charge in [-0.25, -0.2) is 9.97 Å². The van der Waals surface area contributed by atoms with Gasteiger partial charge >= 0.3 is 0 Å². The smallest absolute Gasteiger partial charge is 0.180 e. The van der Waals surface area contributed by atoms with Crippen molar-refractivity contribution in [3.05, 3.63) is 23.2 Å². The van der Waals surface area contributed by atoms with Crippen LogP contribution in [-0.4, -0.2) is 33.6 Å². The molecule has 0 radical (unpaired) electrons. The molecule has 19 heavy (non-hydrogen) atoms. The van der Waals surface area contributed by atoms with Gasteiger partial charge in [0.1, 0.15) is 4.60 Å². The summed E-state index contributed by atoms with van der Waals surface area (Å²) in [6.45, 7) is 3.93. The largest absolute Gasteiger partial charge is 0.381 e. The van der Waals surface area contributed by atoms with E-state index in [0.29, 0.717) is 12.0 Å². The second-order valence-electron chi connectivity index (χ2n) is 4.95. The Morgan fingerprint density at radius 2 is 2.26 bits per heavy atom. The maximum atomic E-state index is 5.41. The molecule has 1 aliphatic rings. The number of nitrogens with zero attached hydrogens (tertiary/aromatic N) is 3. The van der Waals surface area contributed by atoms with Crippen LogP contribution in [0.1, 0.15) is 19.8 Å². The molecule has 5 nitrogen and oxygen atoms in total. The van der Waals surface area contributed by atoms with Gasteiger partial charge in [-0.05, 0) is 41.6 Å². The van der Waals surface area contributed by atoms with Crippen LogP contribution in [0.3, 0.4) is 0 Å². The van der Waals surface area contributed by atoms with E-state index in [-0.39, 0.29) is 0 Å². The van der Waals surface area contributed by atoms with E-state index in [0.717, 1.165) is 42.1 Å². The van der Waals surface area contributed by atoms with Gasteiger partial charge in [-0.1, -0.05) is 0 Å². The molecule has 3 rings (SSSR count). The van der Waals surface area contributed by atoms with E-state index in [9.17, 15) is 0 Å². The summed E-state index contributed by atoms with van der Waals surface area (Å²) in [6, 6.07) is 0.367. The van der Waals surface area contributed by atoms with Crippen molar-refractivity contribution in [2.75, 3.05) is 18.5 Å². The number of fused-ring (bicyclic) bond motifs is 1. The van der Waals surface area contributed by atoms with E-state index < -0.39 is 0 Å². The monoisotopic (exact) mass is 324 g/mol. The van der Waals surface area contributed by atoms with Crippen molar-refractivity contribution in [2.24, 2.45) is 5.92 Å². The molecule has 0 aromatic carbocycles. The molecule has 1 N–H and O–H groups in total. The first-order valence-electron chi connectivity index (χ1n) is 6.57. The molecule has 2 aromatic rings. The summed E-state index contributed by atoms with van der Waals surface area (Å²) >= 11 is 3.43. The van der Waals surface area contributed by atoms with Crippen LogP contribution in [-0.2, 0) is 4.74 Å². The van der Waals surface area contributed by atoms with Crippen LogP contribution in [0.25, 0.3) is 5.65 Å². The lowest BCUT2D eigenvalue weighted by atomic mass is 9.93. The Labute approximate surface area is 120 Å². The van der Waals surface area contributed by atoms with Gasteiger partial charge in [0.2, 0.25) is 0 Å². The highest BCUT2D eigenvalue weighted by atomic mass is 79.9. The maximum Gasteiger partial charge on any atom is 0.180 e. The highest BCUT2D eigenvalue weighted by Crippen LogP contribution is 2.23. The minimum Gasteiger partial charge on any atom is -0.381 e. The SMILES string of the molecule is CC(Nc1nc(Br)cn2ccnc12)C1CCOCC1. The minimum atomic E-state index is 0.367.